The molecule has 1 fully saturated rings. The minimum Gasteiger partial charge on any atom is -0.391 e. The van der Waals surface area contributed by atoms with E-state index in [0.29, 0.717) is 35.3 Å². The fourth-order valence-electron chi connectivity index (χ4n) is 4.25. The lowest BCUT2D eigenvalue weighted by Gasteiger charge is -2.22. The average molecular weight is 487 g/mol. The van der Waals surface area contributed by atoms with Gasteiger partial charge in [0.05, 0.1) is 29.2 Å². The van der Waals surface area contributed by atoms with E-state index in [1.807, 2.05) is 42.5 Å². The summed E-state index contributed by atoms with van der Waals surface area (Å²) in [5.41, 5.74) is 1.24. The molecular formula is C26H26N6O4. The van der Waals surface area contributed by atoms with E-state index in [1.54, 1.807) is 38.4 Å². The number of aliphatic hydroxyl groups is 2. The summed E-state index contributed by atoms with van der Waals surface area (Å²) >= 11 is 0. The van der Waals surface area contributed by atoms with Crippen molar-refractivity contribution in [2.75, 3.05) is 18.9 Å². The Hall–Kier alpha value is -4.15. The number of pyridine rings is 1. The largest absolute Gasteiger partial charge is 0.391 e. The van der Waals surface area contributed by atoms with Crippen molar-refractivity contribution in [3.63, 3.8) is 0 Å². The molecule has 0 bridgehead atoms. The van der Waals surface area contributed by atoms with Gasteiger partial charge in [-0.1, -0.05) is 41.6 Å². The van der Waals surface area contributed by atoms with Crippen molar-refractivity contribution in [1.29, 1.82) is 0 Å². The van der Waals surface area contributed by atoms with Gasteiger partial charge < -0.3 is 25.0 Å². The number of nitrogens with one attached hydrogen (secondary N) is 1. The lowest BCUT2D eigenvalue weighted by Crippen LogP contribution is -2.35. The van der Waals surface area contributed by atoms with Crippen LogP contribution in [0.25, 0.3) is 22.8 Å². The Balaban J connectivity index is 1.40. The number of carbonyl (C=O) groups excluding carboxylic acids is 1. The molecule has 10 nitrogen and oxygen atoms in total. The molecule has 0 spiro atoms. The van der Waals surface area contributed by atoms with E-state index in [4.69, 9.17) is 4.52 Å². The third-order valence-corrected chi connectivity index (χ3v) is 6.28. The second kappa shape index (κ2) is 9.48. The molecule has 3 N–H and O–H groups in total. The van der Waals surface area contributed by atoms with Crippen LogP contribution < -0.4 is 5.32 Å². The molecule has 1 saturated heterocycles. The van der Waals surface area contributed by atoms with Crippen molar-refractivity contribution in [3.8, 4) is 22.8 Å². The molecule has 3 unspecified atom stereocenters. The molecule has 1 aliphatic rings. The van der Waals surface area contributed by atoms with Crippen LogP contribution in [0.15, 0.2) is 71.4 Å². The van der Waals surface area contributed by atoms with E-state index >= 15 is 0 Å². The average Bonchev–Trinajstić information content (AvgIpc) is 3.50. The lowest BCUT2D eigenvalue weighted by atomic mass is 9.98. The van der Waals surface area contributed by atoms with E-state index in [0.717, 1.165) is 5.56 Å². The molecule has 3 atom stereocenters. The maximum absolute atomic E-state index is 12.4. The van der Waals surface area contributed by atoms with Gasteiger partial charge in [0.25, 0.3) is 5.91 Å². The Bertz CT molecular complexity index is 1380. The first kappa shape index (κ1) is 23.6. The topological polar surface area (TPSA) is 138 Å². The van der Waals surface area contributed by atoms with Crippen LogP contribution in [0.3, 0.4) is 0 Å². The molecular weight excluding hydrogens is 460 g/mol. The summed E-state index contributed by atoms with van der Waals surface area (Å²) in [4.78, 5) is 27.4. The number of likely N-dealkylation sites (N-methyl/N-ethyl adjacent to an activating group) is 1. The molecule has 1 amide bonds. The SMILES string of the molecule is CC(O)C(Nc1nccc(-c2cccc(-c3cc(C4(O)CCN(C)C4=O)on3)n2)n1)c1ccccc1. The van der Waals surface area contributed by atoms with E-state index < -0.39 is 23.7 Å². The number of amides is 1. The van der Waals surface area contributed by atoms with Gasteiger partial charge in [-0.2, -0.15) is 0 Å². The summed E-state index contributed by atoms with van der Waals surface area (Å²) in [5, 5.41) is 28.4. The highest BCUT2D eigenvalue weighted by Gasteiger charge is 2.48. The van der Waals surface area contributed by atoms with Gasteiger partial charge >= 0.3 is 0 Å². The first-order valence-corrected chi connectivity index (χ1v) is 11.6. The van der Waals surface area contributed by atoms with Crippen molar-refractivity contribution in [2.24, 2.45) is 0 Å². The number of nitrogens with zero attached hydrogens (tertiary/aromatic N) is 5. The van der Waals surface area contributed by atoms with Gasteiger partial charge in [-0.15, -0.1) is 0 Å². The standard InChI is InChI=1S/C26H26N6O4/c1-16(33)23(17-7-4-3-5-8-17)30-25-27-13-11-20(29-25)18-9-6-10-19(28-18)21-15-22(36-31-21)26(35)12-14-32(2)24(26)34/h3-11,13,15-16,23,33,35H,12,14H2,1-2H3,(H,27,29,30). The molecule has 1 aromatic carbocycles. The molecule has 36 heavy (non-hydrogen) atoms. The molecule has 5 rings (SSSR count). The molecule has 3 aromatic heterocycles. The number of aliphatic hydroxyl groups excluding tert-OH is 1. The molecule has 4 aromatic rings. The normalized spacial score (nSPS) is 19.3. The second-order valence-electron chi connectivity index (χ2n) is 8.86. The van der Waals surface area contributed by atoms with Gasteiger partial charge in [0.2, 0.25) is 11.5 Å². The highest BCUT2D eigenvalue weighted by Crippen LogP contribution is 2.34. The lowest BCUT2D eigenvalue weighted by molar-refractivity contribution is -0.144. The minimum atomic E-state index is -1.72. The van der Waals surface area contributed by atoms with Crippen LogP contribution in [0.4, 0.5) is 5.95 Å². The van der Waals surface area contributed by atoms with E-state index in [2.05, 4.69) is 25.4 Å². The van der Waals surface area contributed by atoms with Crippen LogP contribution in [-0.2, 0) is 10.4 Å². The predicted molar refractivity (Wildman–Crippen MR) is 131 cm³/mol. The Morgan fingerprint density at radius 1 is 1.03 bits per heavy atom. The zero-order chi connectivity index (χ0) is 25.3. The summed E-state index contributed by atoms with van der Waals surface area (Å²) < 4.78 is 5.35. The van der Waals surface area contributed by atoms with Crippen LogP contribution in [-0.4, -0.2) is 60.8 Å². The number of benzene rings is 1. The van der Waals surface area contributed by atoms with Crippen LogP contribution in [0, 0.1) is 0 Å². The summed E-state index contributed by atoms with van der Waals surface area (Å²) in [6, 6.07) is 17.9. The Morgan fingerprint density at radius 2 is 1.75 bits per heavy atom. The highest BCUT2D eigenvalue weighted by molar-refractivity contribution is 5.87. The van der Waals surface area contributed by atoms with Gasteiger partial charge in [0.15, 0.2) is 5.76 Å². The maximum Gasteiger partial charge on any atom is 0.262 e. The summed E-state index contributed by atoms with van der Waals surface area (Å²) in [6.45, 7) is 2.14. The van der Waals surface area contributed by atoms with Crippen LogP contribution in [0.5, 0.6) is 0 Å². The van der Waals surface area contributed by atoms with Gasteiger partial charge in [-0.3, -0.25) is 4.79 Å². The summed E-state index contributed by atoms with van der Waals surface area (Å²) in [5.74, 6) is 0.0286. The van der Waals surface area contributed by atoms with Crippen molar-refractivity contribution in [1.82, 2.24) is 25.0 Å². The van der Waals surface area contributed by atoms with Crippen molar-refractivity contribution in [3.05, 3.63) is 78.2 Å². The first-order valence-electron chi connectivity index (χ1n) is 11.6. The zero-order valence-electron chi connectivity index (χ0n) is 19.9. The number of hydrogen-bond donors (Lipinski definition) is 3. The van der Waals surface area contributed by atoms with Gasteiger partial charge in [-0.25, -0.2) is 15.0 Å². The molecule has 10 heteroatoms. The Morgan fingerprint density at radius 3 is 2.44 bits per heavy atom. The van der Waals surface area contributed by atoms with Crippen LogP contribution >= 0.6 is 0 Å². The summed E-state index contributed by atoms with van der Waals surface area (Å²) in [7, 11) is 1.64. The second-order valence-corrected chi connectivity index (χ2v) is 8.86. The number of aromatic nitrogens is 4. The molecule has 1 aliphatic heterocycles. The molecule has 4 heterocycles. The zero-order valence-corrected chi connectivity index (χ0v) is 19.9. The predicted octanol–water partition coefficient (Wildman–Crippen LogP) is 2.78. The number of rotatable bonds is 7. The van der Waals surface area contributed by atoms with E-state index in [1.165, 1.54) is 4.90 Å². The van der Waals surface area contributed by atoms with Crippen LogP contribution in [0.2, 0.25) is 0 Å². The van der Waals surface area contributed by atoms with Gasteiger partial charge in [0.1, 0.15) is 5.69 Å². The van der Waals surface area contributed by atoms with Gasteiger partial charge in [0, 0.05) is 32.3 Å². The number of anilines is 1. The van der Waals surface area contributed by atoms with Crippen LogP contribution in [0.1, 0.15) is 30.7 Å². The maximum atomic E-state index is 12.4. The highest BCUT2D eigenvalue weighted by atomic mass is 16.5. The third kappa shape index (κ3) is 4.43. The van der Waals surface area contributed by atoms with Crippen molar-refractivity contribution < 1.29 is 19.5 Å². The van der Waals surface area contributed by atoms with E-state index in [9.17, 15) is 15.0 Å². The van der Waals surface area contributed by atoms with Crippen molar-refractivity contribution in [2.45, 2.75) is 31.1 Å². The first-order chi connectivity index (χ1) is 17.3. The Labute approximate surface area is 207 Å². The number of carbonyl (C=O) groups is 1. The number of hydrogen-bond acceptors (Lipinski definition) is 9. The number of likely N-dealkylation sites (tertiary alicyclic amines) is 1. The van der Waals surface area contributed by atoms with Crippen molar-refractivity contribution >= 4 is 11.9 Å². The fourth-order valence-corrected chi connectivity index (χ4v) is 4.25. The quantitative estimate of drug-likeness (QED) is 0.360. The van der Waals surface area contributed by atoms with Gasteiger partial charge in [-0.05, 0) is 30.7 Å². The monoisotopic (exact) mass is 486 g/mol. The van der Waals surface area contributed by atoms with E-state index in [-0.39, 0.29) is 12.2 Å². The minimum absolute atomic E-state index is 0.0950. The Kier molecular flexibility index (Phi) is 6.21. The smallest absolute Gasteiger partial charge is 0.262 e. The fraction of sp³-hybridized carbons (Fsp3) is 0.269. The molecule has 0 radical (unpaired) electrons. The molecule has 0 aliphatic carbocycles. The molecule has 0 saturated carbocycles. The third-order valence-electron chi connectivity index (χ3n) is 6.28. The molecule has 184 valence electrons. The summed E-state index contributed by atoms with van der Waals surface area (Å²) in [6.07, 6.45) is 1.18.